The average molecular weight is 204 g/mol. The largest absolute Gasteiger partial charge is 0.451 e. The van der Waals surface area contributed by atoms with E-state index in [0.29, 0.717) is 5.57 Å². The molecule has 1 unspecified atom stereocenters. The lowest BCUT2D eigenvalue weighted by Gasteiger charge is -2.22. The minimum Gasteiger partial charge on any atom is -0.451 e. The summed E-state index contributed by atoms with van der Waals surface area (Å²) in [5.74, 6) is -3.68. The number of allylic oxidation sites excluding steroid dienone is 1. The van der Waals surface area contributed by atoms with Gasteiger partial charge in [0.05, 0.1) is 0 Å². The third-order valence-corrected chi connectivity index (χ3v) is 1.89. The number of hydrogen-bond acceptors (Lipinski definition) is 5. The van der Waals surface area contributed by atoms with Crippen molar-refractivity contribution >= 4 is 5.97 Å². The molecule has 0 aromatic carbocycles. The molecule has 0 aliphatic carbocycles. The van der Waals surface area contributed by atoms with Crippen LogP contribution in [0.1, 0.15) is 27.7 Å². The molecule has 5 heteroatoms. The number of carbonyl (C=O) groups excluding carboxylic acids is 1. The molecule has 0 amide bonds. The second kappa shape index (κ2) is 4.54. The maximum Gasteiger partial charge on any atom is 0.334 e. The van der Waals surface area contributed by atoms with Crippen LogP contribution in [-0.4, -0.2) is 33.4 Å². The van der Waals surface area contributed by atoms with Gasteiger partial charge in [0.25, 0.3) is 0 Å². The van der Waals surface area contributed by atoms with Crippen LogP contribution in [-0.2, 0) is 9.53 Å². The van der Waals surface area contributed by atoms with Gasteiger partial charge in [-0.15, -0.1) is 0 Å². The van der Waals surface area contributed by atoms with E-state index < -0.39 is 18.0 Å². The van der Waals surface area contributed by atoms with Crippen LogP contribution in [0.25, 0.3) is 0 Å². The lowest BCUT2D eigenvalue weighted by molar-refractivity contribution is -0.351. The van der Waals surface area contributed by atoms with Crippen LogP contribution in [0.4, 0.5) is 0 Å². The van der Waals surface area contributed by atoms with Crippen LogP contribution < -0.4 is 0 Å². The first-order valence-electron chi connectivity index (χ1n) is 4.18. The van der Waals surface area contributed by atoms with Crippen molar-refractivity contribution in [2.75, 3.05) is 0 Å². The van der Waals surface area contributed by atoms with Crippen molar-refractivity contribution < 1.29 is 24.9 Å². The number of aliphatic hydroxyl groups is 3. The van der Waals surface area contributed by atoms with Gasteiger partial charge in [0.2, 0.25) is 0 Å². The highest BCUT2D eigenvalue weighted by atomic mass is 16.7. The summed E-state index contributed by atoms with van der Waals surface area (Å²) in [7, 11) is 0. The van der Waals surface area contributed by atoms with E-state index in [1.165, 1.54) is 6.92 Å². The lowest BCUT2D eigenvalue weighted by Crippen LogP contribution is -2.42. The van der Waals surface area contributed by atoms with Gasteiger partial charge < -0.3 is 20.1 Å². The van der Waals surface area contributed by atoms with Gasteiger partial charge in [-0.05, 0) is 27.7 Å². The molecular formula is C9H16O5. The number of hydrogen-bond donors (Lipinski definition) is 3. The molecule has 0 saturated heterocycles. The van der Waals surface area contributed by atoms with Crippen molar-refractivity contribution in [3.05, 3.63) is 11.1 Å². The third kappa shape index (κ3) is 3.87. The first-order valence-corrected chi connectivity index (χ1v) is 4.18. The number of esters is 1. The van der Waals surface area contributed by atoms with E-state index >= 15 is 0 Å². The Morgan fingerprint density at radius 3 is 1.93 bits per heavy atom. The van der Waals surface area contributed by atoms with E-state index in [1.54, 1.807) is 20.8 Å². The Labute approximate surface area is 82.6 Å². The van der Waals surface area contributed by atoms with Crippen LogP contribution in [0.3, 0.4) is 0 Å². The molecule has 0 fully saturated rings. The van der Waals surface area contributed by atoms with Gasteiger partial charge >= 0.3 is 11.9 Å². The van der Waals surface area contributed by atoms with E-state index in [4.69, 9.17) is 15.3 Å². The SMILES string of the molecule is CC(C)=C(C)C(=O)OC(C)C(O)(O)O. The zero-order valence-corrected chi connectivity index (χ0v) is 8.74. The van der Waals surface area contributed by atoms with Crippen molar-refractivity contribution in [1.29, 1.82) is 0 Å². The van der Waals surface area contributed by atoms with Gasteiger partial charge in [0.15, 0.2) is 6.10 Å². The van der Waals surface area contributed by atoms with Crippen LogP contribution >= 0.6 is 0 Å². The van der Waals surface area contributed by atoms with Crippen molar-refractivity contribution in [3.63, 3.8) is 0 Å². The van der Waals surface area contributed by atoms with E-state index in [-0.39, 0.29) is 0 Å². The van der Waals surface area contributed by atoms with Gasteiger partial charge in [0.1, 0.15) is 0 Å². The fourth-order valence-corrected chi connectivity index (χ4v) is 0.532. The van der Waals surface area contributed by atoms with Gasteiger partial charge in [-0.1, -0.05) is 5.57 Å². The third-order valence-electron chi connectivity index (χ3n) is 1.89. The summed E-state index contributed by atoms with van der Waals surface area (Å²) in [5, 5.41) is 26.0. The molecule has 0 aliphatic rings. The summed E-state index contributed by atoms with van der Waals surface area (Å²) in [4.78, 5) is 11.2. The van der Waals surface area contributed by atoms with Crippen LogP contribution in [0.15, 0.2) is 11.1 Å². The molecule has 5 nitrogen and oxygen atoms in total. The molecule has 0 bridgehead atoms. The van der Waals surface area contributed by atoms with Crippen molar-refractivity contribution in [2.24, 2.45) is 0 Å². The maximum absolute atomic E-state index is 11.2. The standard InChI is InChI=1S/C9H16O5/c1-5(2)6(3)8(10)14-7(4)9(11,12)13/h7,11-13H,1-4H3. The molecule has 0 aliphatic heterocycles. The van der Waals surface area contributed by atoms with Crippen LogP contribution in [0.2, 0.25) is 0 Å². The van der Waals surface area contributed by atoms with Gasteiger partial charge in [0, 0.05) is 5.57 Å². The fraction of sp³-hybridized carbons (Fsp3) is 0.667. The van der Waals surface area contributed by atoms with Crippen LogP contribution in [0.5, 0.6) is 0 Å². The molecule has 0 heterocycles. The first-order chi connectivity index (χ1) is 6.16. The lowest BCUT2D eigenvalue weighted by atomic mass is 10.2. The summed E-state index contributed by atoms with van der Waals surface area (Å²) >= 11 is 0. The summed E-state index contributed by atoms with van der Waals surface area (Å²) in [5.41, 5.74) is 1.14. The molecule has 0 spiro atoms. The van der Waals surface area contributed by atoms with Gasteiger partial charge in [-0.3, -0.25) is 0 Å². The molecule has 0 saturated carbocycles. The smallest absolute Gasteiger partial charge is 0.334 e. The first kappa shape index (κ1) is 13.1. The van der Waals surface area contributed by atoms with Crippen molar-refractivity contribution in [1.82, 2.24) is 0 Å². The Morgan fingerprint density at radius 1 is 1.21 bits per heavy atom. The number of carbonyl (C=O) groups is 1. The molecule has 0 aromatic heterocycles. The zero-order chi connectivity index (χ0) is 11.5. The van der Waals surface area contributed by atoms with E-state index in [0.717, 1.165) is 5.57 Å². The molecule has 0 aromatic rings. The van der Waals surface area contributed by atoms with Gasteiger partial charge in [-0.2, -0.15) is 0 Å². The van der Waals surface area contributed by atoms with E-state index in [1.807, 2.05) is 0 Å². The Hall–Kier alpha value is -0.910. The zero-order valence-electron chi connectivity index (χ0n) is 8.74. The molecule has 3 N–H and O–H groups in total. The highest BCUT2D eigenvalue weighted by Crippen LogP contribution is 2.11. The highest BCUT2D eigenvalue weighted by molar-refractivity contribution is 5.88. The second-order valence-electron chi connectivity index (χ2n) is 3.36. The minimum absolute atomic E-state index is 0.376. The fourth-order valence-electron chi connectivity index (χ4n) is 0.532. The summed E-state index contributed by atoms with van der Waals surface area (Å²) < 4.78 is 4.59. The quantitative estimate of drug-likeness (QED) is 0.339. The van der Waals surface area contributed by atoms with Crippen molar-refractivity contribution in [3.8, 4) is 0 Å². The highest BCUT2D eigenvalue weighted by Gasteiger charge is 2.31. The number of ether oxygens (including phenoxy) is 1. The van der Waals surface area contributed by atoms with Crippen LogP contribution in [0, 0.1) is 0 Å². The predicted octanol–water partition coefficient (Wildman–Crippen LogP) is -0.0949. The Kier molecular flexibility index (Phi) is 4.25. The Morgan fingerprint density at radius 2 is 1.64 bits per heavy atom. The summed E-state index contributed by atoms with van der Waals surface area (Å²) in [6, 6.07) is 0. The molecule has 0 rings (SSSR count). The van der Waals surface area contributed by atoms with E-state index in [2.05, 4.69) is 4.74 Å². The summed E-state index contributed by atoms with van der Waals surface area (Å²) in [6.07, 6.45) is -1.40. The Bertz CT molecular complexity index is 244. The van der Waals surface area contributed by atoms with Gasteiger partial charge in [-0.25, -0.2) is 4.79 Å². The second-order valence-corrected chi connectivity index (χ2v) is 3.36. The average Bonchev–Trinajstić information content (AvgIpc) is 2.00. The molecule has 14 heavy (non-hydrogen) atoms. The molecule has 0 radical (unpaired) electrons. The molecule has 82 valence electrons. The normalized spacial score (nSPS) is 13.4. The minimum atomic E-state index is -3.00. The molecule has 1 atom stereocenters. The molecular weight excluding hydrogens is 188 g/mol. The number of rotatable bonds is 3. The summed E-state index contributed by atoms with van der Waals surface area (Å²) in [6.45, 7) is 6.19. The van der Waals surface area contributed by atoms with E-state index in [9.17, 15) is 4.79 Å². The topological polar surface area (TPSA) is 87.0 Å². The predicted molar refractivity (Wildman–Crippen MR) is 49.0 cm³/mol. The Balaban J connectivity index is 4.43. The monoisotopic (exact) mass is 204 g/mol. The maximum atomic E-state index is 11.2. The van der Waals surface area contributed by atoms with Crippen molar-refractivity contribution in [2.45, 2.75) is 39.8 Å².